The molecule has 0 saturated carbocycles. The zero-order valence-corrected chi connectivity index (χ0v) is 11.4. The molecular formula is C15H18F3NO. The highest BCUT2D eigenvalue weighted by molar-refractivity contribution is 5.81. The van der Waals surface area contributed by atoms with E-state index >= 15 is 0 Å². The molecule has 1 heterocycles. The Kier molecular flexibility index (Phi) is 4.35. The number of hydrogen-bond acceptors (Lipinski definition) is 2. The van der Waals surface area contributed by atoms with Crippen LogP contribution in [0.3, 0.4) is 0 Å². The molecule has 2 nitrogen and oxygen atoms in total. The molecule has 110 valence electrons. The molecule has 1 aromatic rings. The lowest BCUT2D eigenvalue weighted by Crippen LogP contribution is -2.36. The molecule has 1 aliphatic heterocycles. The summed E-state index contributed by atoms with van der Waals surface area (Å²) in [5.41, 5.74) is 0.165. The predicted octanol–water partition coefficient (Wildman–Crippen LogP) is 3.90. The van der Waals surface area contributed by atoms with Gasteiger partial charge in [-0.05, 0) is 37.1 Å². The summed E-state index contributed by atoms with van der Waals surface area (Å²) < 4.78 is 37.5. The number of alkyl halides is 3. The van der Waals surface area contributed by atoms with E-state index in [1.165, 1.54) is 12.1 Å². The summed E-state index contributed by atoms with van der Waals surface area (Å²) in [6, 6.07) is 5.23. The quantitative estimate of drug-likeness (QED) is 0.839. The van der Waals surface area contributed by atoms with Crippen molar-refractivity contribution in [2.75, 3.05) is 18.0 Å². The standard InChI is InChI=1S/C15H18F3NO/c1-2-14(20)11-7-9-19(10-8-11)13-5-3-12(4-6-13)15(16,17)18/h3-6,11H,2,7-10H2,1H3. The molecule has 0 atom stereocenters. The van der Waals surface area contributed by atoms with Crippen molar-refractivity contribution in [1.29, 1.82) is 0 Å². The van der Waals surface area contributed by atoms with E-state index in [9.17, 15) is 18.0 Å². The summed E-state index contributed by atoms with van der Waals surface area (Å²) in [6.07, 6.45) is -2.16. The Morgan fingerprint density at radius 2 is 1.75 bits per heavy atom. The van der Waals surface area contributed by atoms with Crippen LogP contribution in [-0.2, 0) is 11.0 Å². The lowest BCUT2D eigenvalue weighted by molar-refractivity contribution is -0.137. The van der Waals surface area contributed by atoms with Crippen LogP contribution >= 0.6 is 0 Å². The van der Waals surface area contributed by atoms with Crippen LogP contribution in [0, 0.1) is 5.92 Å². The average Bonchev–Trinajstić information content (AvgIpc) is 2.46. The fourth-order valence-electron chi connectivity index (χ4n) is 2.61. The molecule has 1 aromatic carbocycles. The van der Waals surface area contributed by atoms with E-state index in [0.717, 1.165) is 43.8 Å². The van der Waals surface area contributed by atoms with Crippen LogP contribution < -0.4 is 4.90 Å². The summed E-state index contributed by atoms with van der Waals surface area (Å²) in [4.78, 5) is 13.7. The van der Waals surface area contributed by atoms with E-state index in [0.29, 0.717) is 6.42 Å². The van der Waals surface area contributed by atoms with Crippen molar-refractivity contribution in [2.45, 2.75) is 32.4 Å². The number of carbonyl (C=O) groups excluding carboxylic acids is 1. The van der Waals surface area contributed by atoms with E-state index < -0.39 is 11.7 Å². The molecule has 0 spiro atoms. The highest BCUT2D eigenvalue weighted by atomic mass is 19.4. The fraction of sp³-hybridized carbons (Fsp3) is 0.533. The van der Waals surface area contributed by atoms with Gasteiger partial charge in [0.2, 0.25) is 0 Å². The van der Waals surface area contributed by atoms with Gasteiger partial charge in [-0.25, -0.2) is 0 Å². The summed E-state index contributed by atoms with van der Waals surface area (Å²) in [5.74, 6) is 0.405. The molecule has 0 N–H and O–H groups in total. The monoisotopic (exact) mass is 285 g/mol. The second-order valence-electron chi connectivity index (χ2n) is 5.13. The minimum absolute atomic E-state index is 0.116. The molecular weight excluding hydrogens is 267 g/mol. The smallest absolute Gasteiger partial charge is 0.371 e. The minimum Gasteiger partial charge on any atom is -0.371 e. The van der Waals surface area contributed by atoms with Crippen molar-refractivity contribution < 1.29 is 18.0 Å². The minimum atomic E-state index is -4.29. The second kappa shape index (κ2) is 5.85. The van der Waals surface area contributed by atoms with Crippen molar-refractivity contribution >= 4 is 11.5 Å². The van der Waals surface area contributed by atoms with Gasteiger partial charge in [0, 0.05) is 31.1 Å². The van der Waals surface area contributed by atoms with Crippen molar-refractivity contribution in [2.24, 2.45) is 5.92 Å². The van der Waals surface area contributed by atoms with Crippen molar-refractivity contribution in [1.82, 2.24) is 0 Å². The third-order valence-corrected chi connectivity index (χ3v) is 3.86. The summed E-state index contributed by atoms with van der Waals surface area (Å²) in [7, 11) is 0. The van der Waals surface area contributed by atoms with Crippen molar-refractivity contribution in [3.63, 3.8) is 0 Å². The van der Waals surface area contributed by atoms with Crippen LogP contribution in [0.4, 0.5) is 18.9 Å². The lowest BCUT2D eigenvalue weighted by atomic mass is 9.91. The molecule has 0 aromatic heterocycles. The third kappa shape index (κ3) is 3.32. The molecule has 0 bridgehead atoms. The first-order valence-corrected chi connectivity index (χ1v) is 6.86. The summed E-state index contributed by atoms with van der Waals surface area (Å²) >= 11 is 0. The number of ketones is 1. The highest BCUT2D eigenvalue weighted by Gasteiger charge is 2.30. The van der Waals surface area contributed by atoms with Crippen molar-refractivity contribution in [3.8, 4) is 0 Å². The van der Waals surface area contributed by atoms with Gasteiger partial charge >= 0.3 is 6.18 Å². The van der Waals surface area contributed by atoms with Gasteiger partial charge in [-0.15, -0.1) is 0 Å². The first-order chi connectivity index (χ1) is 9.41. The Morgan fingerprint density at radius 3 is 2.20 bits per heavy atom. The van der Waals surface area contributed by atoms with Crippen LogP contribution in [0.15, 0.2) is 24.3 Å². The van der Waals surface area contributed by atoms with Crippen molar-refractivity contribution in [3.05, 3.63) is 29.8 Å². The fourth-order valence-corrected chi connectivity index (χ4v) is 2.61. The number of halogens is 3. The molecule has 1 fully saturated rings. The normalized spacial score (nSPS) is 17.3. The Balaban J connectivity index is 1.99. The summed E-state index contributed by atoms with van der Waals surface area (Å²) in [6.45, 7) is 3.31. The number of carbonyl (C=O) groups is 1. The molecule has 20 heavy (non-hydrogen) atoms. The van der Waals surface area contributed by atoms with Crippen LogP contribution in [0.25, 0.3) is 0 Å². The lowest BCUT2D eigenvalue weighted by Gasteiger charge is -2.33. The van der Waals surface area contributed by atoms with Crippen LogP contribution in [0.2, 0.25) is 0 Å². The number of piperidine rings is 1. The first kappa shape index (κ1) is 14.9. The zero-order valence-electron chi connectivity index (χ0n) is 11.4. The van der Waals surface area contributed by atoms with E-state index in [-0.39, 0.29) is 11.7 Å². The number of anilines is 1. The molecule has 5 heteroatoms. The van der Waals surface area contributed by atoms with Crippen LogP contribution in [0.5, 0.6) is 0 Å². The van der Waals surface area contributed by atoms with E-state index in [2.05, 4.69) is 0 Å². The highest BCUT2D eigenvalue weighted by Crippen LogP contribution is 2.31. The Morgan fingerprint density at radius 1 is 1.20 bits per heavy atom. The number of benzene rings is 1. The molecule has 2 rings (SSSR count). The molecule has 0 unspecified atom stereocenters. The van der Waals surface area contributed by atoms with E-state index in [1.54, 1.807) is 0 Å². The molecule has 1 saturated heterocycles. The maximum absolute atomic E-state index is 12.5. The maximum atomic E-state index is 12.5. The maximum Gasteiger partial charge on any atom is 0.416 e. The number of Topliss-reactive ketones (excluding diaryl/α,β-unsaturated/α-hetero) is 1. The van der Waals surface area contributed by atoms with Crippen LogP contribution in [-0.4, -0.2) is 18.9 Å². The molecule has 0 aliphatic carbocycles. The second-order valence-corrected chi connectivity index (χ2v) is 5.13. The average molecular weight is 285 g/mol. The van der Waals surface area contributed by atoms with Crippen LogP contribution in [0.1, 0.15) is 31.7 Å². The number of rotatable bonds is 3. The Bertz CT molecular complexity index is 459. The van der Waals surface area contributed by atoms with Gasteiger partial charge < -0.3 is 4.90 Å². The van der Waals surface area contributed by atoms with Gasteiger partial charge in [0.05, 0.1) is 5.56 Å². The van der Waals surface area contributed by atoms with E-state index in [4.69, 9.17) is 0 Å². The molecule has 1 aliphatic rings. The van der Waals surface area contributed by atoms with E-state index in [1.807, 2.05) is 11.8 Å². The SMILES string of the molecule is CCC(=O)C1CCN(c2ccc(C(F)(F)F)cc2)CC1. The number of nitrogens with zero attached hydrogens (tertiary/aromatic N) is 1. The summed E-state index contributed by atoms with van der Waals surface area (Å²) in [5, 5.41) is 0. The van der Waals surface area contributed by atoms with Gasteiger partial charge in [-0.1, -0.05) is 6.92 Å². The van der Waals surface area contributed by atoms with Gasteiger partial charge in [0.1, 0.15) is 5.78 Å². The largest absolute Gasteiger partial charge is 0.416 e. The number of hydrogen-bond donors (Lipinski definition) is 0. The Labute approximate surface area is 116 Å². The van der Waals surface area contributed by atoms with Gasteiger partial charge in [-0.3, -0.25) is 4.79 Å². The predicted molar refractivity (Wildman–Crippen MR) is 71.7 cm³/mol. The zero-order chi connectivity index (χ0) is 14.8. The molecule has 0 amide bonds. The van der Waals surface area contributed by atoms with Gasteiger partial charge in [0.25, 0.3) is 0 Å². The molecule has 0 radical (unpaired) electrons. The van der Waals surface area contributed by atoms with Gasteiger partial charge in [-0.2, -0.15) is 13.2 Å². The topological polar surface area (TPSA) is 20.3 Å². The third-order valence-electron chi connectivity index (χ3n) is 3.86. The Hall–Kier alpha value is -1.52. The first-order valence-electron chi connectivity index (χ1n) is 6.86. The van der Waals surface area contributed by atoms with Gasteiger partial charge in [0.15, 0.2) is 0 Å².